The van der Waals surface area contributed by atoms with Crippen LogP contribution in [0.25, 0.3) is 0 Å². The second-order valence-electron chi connectivity index (χ2n) is 5.54. The summed E-state index contributed by atoms with van der Waals surface area (Å²) in [4.78, 5) is 27.8. The van der Waals surface area contributed by atoms with E-state index >= 15 is 0 Å². The van der Waals surface area contributed by atoms with E-state index in [9.17, 15) is 9.18 Å². The lowest BCUT2D eigenvalue weighted by Gasteiger charge is -2.17. The quantitative estimate of drug-likeness (QED) is 0.804. The Bertz CT molecular complexity index is 723. The zero-order chi connectivity index (χ0) is 17.7. The second-order valence-corrected chi connectivity index (χ2v) is 5.54. The lowest BCUT2D eigenvalue weighted by Crippen LogP contribution is -2.30. The van der Waals surface area contributed by atoms with Gasteiger partial charge in [0.25, 0.3) is 0 Å². The van der Waals surface area contributed by atoms with Crippen LogP contribution in [0, 0.1) is 5.82 Å². The third-order valence-electron chi connectivity index (χ3n) is 3.02. The Morgan fingerprint density at radius 3 is 2.67 bits per heavy atom. The molecule has 0 radical (unpaired) electrons. The molecule has 0 atom stereocenters. The van der Waals surface area contributed by atoms with E-state index in [1.54, 1.807) is 37.0 Å². The zero-order valence-electron chi connectivity index (χ0n) is 13.8. The number of hydrogen-bond acceptors (Lipinski definition) is 7. The number of nitrogen functional groups attached to an aromatic ring is 1. The second kappa shape index (κ2) is 7.64. The number of aromatic nitrogens is 3. The van der Waals surface area contributed by atoms with Crippen LogP contribution in [-0.4, -0.2) is 53.4 Å². The predicted molar refractivity (Wildman–Crippen MR) is 89.9 cm³/mol. The lowest BCUT2D eigenvalue weighted by molar-refractivity contribution is -0.117. The van der Waals surface area contributed by atoms with Crippen molar-refractivity contribution in [3.63, 3.8) is 0 Å². The summed E-state index contributed by atoms with van der Waals surface area (Å²) in [5, 5.41) is 2.63. The van der Waals surface area contributed by atoms with Crippen molar-refractivity contribution < 1.29 is 9.18 Å². The molecule has 0 bridgehead atoms. The first-order valence-corrected chi connectivity index (χ1v) is 7.25. The van der Waals surface area contributed by atoms with Crippen LogP contribution >= 0.6 is 0 Å². The summed E-state index contributed by atoms with van der Waals surface area (Å²) in [6.45, 7) is 0.420. The van der Waals surface area contributed by atoms with Crippen molar-refractivity contribution in [2.45, 2.75) is 6.54 Å². The highest BCUT2D eigenvalue weighted by Crippen LogP contribution is 2.10. The Balaban J connectivity index is 1.95. The highest BCUT2D eigenvalue weighted by Gasteiger charge is 2.12. The van der Waals surface area contributed by atoms with Gasteiger partial charge in [0.2, 0.25) is 17.8 Å². The van der Waals surface area contributed by atoms with Crippen LogP contribution in [-0.2, 0) is 11.3 Å². The van der Waals surface area contributed by atoms with Gasteiger partial charge in [-0.25, -0.2) is 4.39 Å². The first-order chi connectivity index (χ1) is 11.3. The van der Waals surface area contributed by atoms with E-state index in [1.165, 1.54) is 18.2 Å². The van der Waals surface area contributed by atoms with Crippen molar-refractivity contribution >= 4 is 23.5 Å². The molecule has 0 aliphatic rings. The van der Waals surface area contributed by atoms with E-state index in [1.807, 2.05) is 0 Å². The Kier molecular flexibility index (Phi) is 5.59. The molecular formula is C15H20FN7O. The SMILES string of the molecule is CN(CC(=O)Nc1cccc(F)c1)Cc1nc(N)nc(N(C)C)n1. The van der Waals surface area contributed by atoms with Gasteiger partial charge in [-0.2, -0.15) is 15.0 Å². The minimum Gasteiger partial charge on any atom is -0.368 e. The van der Waals surface area contributed by atoms with Crippen LogP contribution in [0.3, 0.4) is 0 Å². The molecule has 128 valence electrons. The molecule has 1 aromatic carbocycles. The number of nitrogens with one attached hydrogen (secondary N) is 1. The van der Waals surface area contributed by atoms with Gasteiger partial charge in [0, 0.05) is 19.8 Å². The van der Waals surface area contributed by atoms with Crippen molar-refractivity contribution in [3.8, 4) is 0 Å². The van der Waals surface area contributed by atoms with Gasteiger partial charge in [-0.1, -0.05) is 6.07 Å². The number of carbonyl (C=O) groups is 1. The Morgan fingerprint density at radius 2 is 2.00 bits per heavy atom. The van der Waals surface area contributed by atoms with Crippen molar-refractivity contribution in [1.82, 2.24) is 19.9 Å². The van der Waals surface area contributed by atoms with E-state index in [0.717, 1.165) is 0 Å². The average Bonchev–Trinajstić information content (AvgIpc) is 2.45. The topological polar surface area (TPSA) is 100 Å². The maximum Gasteiger partial charge on any atom is 0.238 e. The highest BCUT2D eigenvalue weighted by atomic mass is 19.1. The molecule has 1 amide bonds. The fraction of sp³-hybridized carbons (Fsp3) is 0.333. The fourth-order valence-corrected chi connectivity index (χ4v) is 2.01. The number of anilines is 3. The summed E-state index contributed by atoms with van der Waals surface area (Å²) < 4.78 is 13.1. The van der Waals surface area contributed by atoms with Crippen molar-refractivity contribution in [2.24, 2.45) is 0 Å². The molecule has 0 saturated heterocycles. The minimum atomic E-state index is -0.405. The molecule has 2 rings (SSSR count). The Hall–Kier alpha value is -2.81. The number of nitrogens with two attached hydrogens (primary N) is 1. The summed E-state index contributed by atoms with van der Waals surface area (Å²) in [5.41, 5.74) is 6.08. The zero-order valence-corrected chi connectivity index (χ0v) is 13.8. The fourth-order valence-electron chi connectivity index (χ4n) is 2.01. The number of carbonyl (C=O) groups excluding carboxylic acids is 1. The van der Waals surface area contributed by atoms with Crippen molar-refractivity contribution in [1.29, 1.82) is 0 Å². The van der Waals surface area contributed by atoms with Gasteiger partial charge in [-0.3, -0.25) is 9.69 Å². The molecule has 9 heteroatoms. The minimum absolute atomic E-state index is 0.0966. The molecule has 0 unspecified atom stereocenters. The Labute approximate surface area is 139 Å². The molecular weight excluding hydrogens is 313 g/mol. The summed E-state index contributed by atoms with van der Waals surface area (Å²) >= 11 is 0. The van der Waals surface area contributed by atoms with E-state index in [0.29, 0.717) is 24.0 Å². The standard InChI is InChI=1S/C15H20FN7O/c1-22(2)15-20-12(19-14(17)21-15)8-23(3)9-13(24)18-11-6-4-5-10(16)7-11/h4-7H,8-9H2,1-3H3,(H,18,24)(H2,17,19,20,21). The number of halogens is 1. The first kappa shape index (κ1) is 17.5. The molecule has 8 nitrogen and oxygen atoms in total. The Morgan fingerprint density at radius 1 is 1.25 bits per heavy atom. The lowest BCUT2D eigenvalue weighted by atomic mass is 10.3. The summed E-state index contributed by atoms with van der Waals surface area (Å²) in [6, 6.07) is 5.73. The van der Waals surface area contributed by atoms with Gasteiger partial charge in [0.05, 0.1) is 13.1 Å². The molecule has 0 aliphatic heterocycles. The van der Waals surface area contributed by atoms with Crippen molar-refractivity contribution in [2.75, 3.05) is 43.6 Å². The van der Waals surface area contributed by atoms with Crippen LogP contribution in [0.15, 0.2) is 24.3 Å². The average molecular weight is 333 g/mol. The van der Waals surface area contributed by atoms with Gasteiger partial charge in [-0.05, 0) is 25.2 Å². The van der Waals surface area contributed by atoms with Gasteiger partial charge >= 0.3 is 0 Å². The largest absolute Gasteiger partial charge is 0.368 e. The molecule has 0 spiro atoms. The summed E-state index contributed by atoms with van der Waals surface area (Å²) in [6.07, 6.45) is 0. The molecule has 0 saturated carbocycles. The number of nitrogens with zero attached hydrogens (tertiary/aromatic N) is 5. The van der Waals surface area contributed by atoms with E-state index in [-0.39, 0.29) is 18.4 Å². The van der Waals surface area contributed by atoms with Gasteiger partial charge in [0.15, 0.2) is 0 Å². The number of hydrogen-bond donors (Lipinski definition) is 2. The number of amides is 1. The number of benzene rings is 1. The molecule has 3 N–H and O–H groups in total. The van der Waals surface area contributed by atoms with E-state index < -0.39 is 5.82 Å². The third kappa shape index (κ3) is 5.13. The first-order valence-electron chi connectivity index (χ1n) is 7.25. The number of likely N-dealkylation sites (N-methyl/N-ethyl adjacent to an activating group) is 1. The molecule has 24 heavy (non-hydrogen) atoms. The maximum atomic E-state index is 13.1. The smallest absolute Gasteiger partial charge is 0.238 e. The normalized spacial score (nSPS) is 10.7. The summed E-state index contributed by atoms with van der Waals surface area (Å²) in [5.74, 6) is 0.375. The highest BCUT2D eigenvalue weighted by molar-refractivity contribution is 5.92. The van der Waals surface area contributed by atoms with E-state index in [2.05, 4.69) is 20.3 Å². The molecule has 0 fully saturated rings. The number of rotatable bonds is 6. The van der Waals surface area contributed by atoms with Crippen LogP contribution in [0.2, 0.25) is 0 Å². The molecule has 2 aromatic rings. The third-order valence-corrected chi connectivity index (χ3v) is 3.02. The molecule has 1 heterocycles. The van der Waals surface area contributed by atoms with Crippen LogP contribution in [0.1, 0.15) is 5.82 Å². The van der Waals surface area contributed by atoms with Crippen LogP contribution in [0.5, 0.6) is 0 Å². The monoisotopic (exact) mass is 333 g/mol. The maximum absolute atomic E-state index is 13.1. The van der Waals surface area contributed by atoms with Gasteiger partial charge < -0.3 is 16.0 Å². The molecule has 0 aliphatic carbocycles. The van der Waals surface area contributed by atoms with Crippen LogP contribution in [0.4, 0.5) is 22.0 Å². The predicted octanol–water partition coefficient (Wildman–Crippen LogP) is 0.729. The van der Waals surface area contributed by atoms with E-state index in [4.69, 9.17) is 5.73 Å². The van der Waals surface area contributed by atoms with Crippen molar-refractivity contribution in [3.05, 3.63) is 35.9 Å². The van der Waals surface area contributed by atoms with Gasteiger partial charge in [0.1, 0.15) is 11.6 Å². The molecule has 1 aromatic heterocycles. The summed E-state index contributed by atoms with van der Waals surface area (Å²) in [7, 11) is 5.35. The van der Waals surface area contributed by atoms with Crippen LogP contribution < -0.4 is 16.0 Å². The van der Waals surface area contributed by atoms with Gasteiger partial charge in [-0.15, -0.1) is 0 Å².